The van der Waals surface area contributed by atoms with Gasteiger partial charge in [0.15, 0.2) is 0 Å². The second-order valence-electron chi connectivity index (χ2n) is 3.73. The van der Waals surface area contributed by atoms with Crippen LogP contribution in [0.5, 0.6) is 0 Å². The van der Waals surface area contributed by atoms with Crippen LogP contribution in [0.15, 0.2) is 40.9 Å². The first kappa shape index (κ1) is 13.8. The van der Waals surface area contributed by atoms with Crippen molar-refractivity contribution in [2.24, 2.45) is 0 Å². The monoisotopic (exact) mass is 341 g/mol. The molecule has 7 heteroatoms. The molecule has 0 aliphatic carbocycles. The number of nitrogens with one attached hydrogen (secondary N) is 1. The van der Waals surface area contributed by atoms with Crippen molar-refractivity contribution in [3.8, 4) is 0 Å². The molecule has 0 aliphatic rings. The van der Waals surface area contributed by atoms with Gasteiger partial charge in [-0.25, -0.2) is 4.98 Å². The van der Waals surface area contributed by atoms with E-state index in [0.717, 1.165) is 4.47 Å². The summed E-state index contributed by atoms with van der Waals surface area (Å²) >= 11 is 9.06. The van der Waals surface area contributed by atoms with E-state index >= 15 is 0 Å². The highest BCUT2D eigenvalue weighted by Gasteiger charge is 2.13. The fourth-order valence-corrected chi connectivity index (χ4v) is 2.14. The maximum atomic E-state index is 10.9. The number of rotatable bonds is 4. The van der Waals surface area contributed by atoms with Crippen molar-refractivity contribution in [1.29, 1.82) is 0 Å². The van der Waals surface area contributed by atoms with Crippen molar-refractivity contribution >= 4 is 39.0 Å². The van der Waals surface area contributed by atoms with Gasteiger partial charge in [0, 0.05) is 22.6 Å². The zero-order chi connectivity index (χ0) is 13.8. The quantitative estimate of drug-likeness (QED) is 0.518. The molecule has 5 nitrogen and oxygen atoms in total. The fraction of sp³-hybridized carbons (Fsp3) is 0.0833. The van der Waals surface area contributed by atoms with Crippen LogP contribution >= 0.6 is 27.5 Å². The third kappa shape index (κ3) is 3.65. The predicted molar refractivity (Wildman–Crippen MR) is 77.4 cm³/mol. The van der Waals surface area contributed by atoms with E-state index in [-0.39, 0.29) is 5.69 Å². The lowest BCUT2D eigenvalue weighted by Gasteiger charge is -2.07. The number of anilines is 1. The molecule has 0 saturated carbocycles. The summed E-state index contributed by atoms with van der Waals surface area (Å²) in [5.41, 5.74) is 0.638. The Morgan fingerprint density at radius 1 is 1.37 bits per heavy atom. The molecule has 0 spiro atoms. The van der Waals surface area contributed by atoms with Gasteiger partial charge >= 0.3 is 0 Å². The van der Waals surface area contributed by atoms with Gasteiger partial charge in [-0.2, -0.15) is 0 Å². The molecule has 0 saturated heterocycles. The molecule has 1 heterocycles. The number of hydrogen-bond donors (Lipinski definition) is 1. The Balaban J connectivity index is 2.19. The van der Waals surface area contributed by atoms with Crippen molar-refractivity contribution < 1.29 is 4.92 Å². The number of benzene rings is 1. The lowest BCUT2D eigenvalue weighted by atomic mass is 10.2. The number of aromatic nitrogens is 1. The van der Waals surface area contributed by atoms with E-state index in [2.05, 4.69) is 26.2 Å². The first-order valence-electron chi connectivity index (χ1n) is 5.35. The van der Waals surface area contributed by atoms with Gasteiger partial charge in [0.25, 0.3) is 5.69 Å². The van der Waals surface area contributed by atoms with Gasteiger partial charge in [-0.3, -0.25) is 10.1 Å². The Bertz CT molecular complexity index is 622. The molecule has 0 aliphatic heterocycles. The van der Waals surface area contributed by atoms with E-state index in [1.54, 1.807) is 30.3 Å². The molecule has 98 valence electrons. The van der Waals surface area contributed by atoms with Crippen LogP contribution in [0.25, 0.3) is 0 Å². The van der Waals surface area contributed by atoms with Crippen molar-refractivity contribution in [2.75, 3.05) is 5.32 Å². The lowest BCUT2D eigenvalue weighted by Crippen LogP contribution is -2.04. The molecule has 1 aromatic heterocycles. The molecule has 2 aromatic rings. The molecule has 19 heavy (non-hydrogen) atoms. The Kier molecular flexibility index (Phi) is 4.34. The summed E-state index contributed by atoms with van der Waals surface area (Å²) in [6.07, 6.45) is 0. The molecule has 0 unspecified atom stereocenters. The molecule has 0 radical (unpaired) electrons. The van der Waals surface area contributed by atoms with Crippen LogP contribution < -0.4 is 5.32 Å². The van der Waals surface area contributed by atoms with Crippen LogP contribution in [0.2, 0.25) is 5.15 Å². The minimum atomic E-state index is -0.408. The summed E-state index contributed by atoms with van der Waals surface area (Å²) in [6, 6.07) is 9.97. The van der Waals surface area contributed by atoms with Gasteiger partial charge in [0.1, 0.15) is 11.0 Å². The molecule has 0 fully saturated rings. The molecular formula is C12H9BrClN3O2. The molecule has 0 atom stereocenters. The maximum absolute atomic E-state index is 10.9. The highest BCUT2D eigenvalue weighted by Crippen LogP contribution is 2.23. The van der Waals surface area contributed by atoms with E-state index < -0.39 is 4.92 Å². The third-order valence-corrected chi connectivity index (χ3v) is 3.12. The standard InChI is InChI=1S/C12H9BrClN3O2/c13-9-4-5-10(17(18)19)8(6-9)7-15-12-3-1-2-11(14)16-12/h1-6H,7H2,(H,15,16). The minimum Gasteiger partial charge on any atom is -0.366 e. The van der Waals surface area contributed by atoms with E-state index in [0.29, 0.717) is 23.1 Å². The van der Waals surface area contributed by atoms with Crippen LogP contribution in [0, 0.1) is 10.1 Å². The van der Waals surface area contributed by atoms with E-state index in [9.17, 15) is 10.1 Å². The smallest absolute Gasteiger partial charge is 0.274 e. The third-order valence-electron chi connectivity index (χ3n) is 2.41. The number of halogens is 2. The van der Waals surface area contributed by atoms with E-state index in [1.807, 2.05) is 0 Å². The summed E-state index contributed by atoms with van der Waals surface area (Å²) < 4.78 is 0.786. The van der Waals surface area contributed by atoms with Gasteiger partial charge < -0.3 is 5.32 Å². The predicted octanol–water partition coefficient (Wildman–Crippen LogP) is 4.02. The second kappa shape index (κ2) is 5.99. The molecular weight excluding hydrogens is 334 g/mol. The number of hydrogen-bond acceptors (Lipinski definition) is 4. The average molecular weight is 343 g/mol. The highest BCUT2D eigenvalue weighted by molar-refractivity contribution is 9.10. The van der Waals surface area contributed by atoms with Gasteiger partial charge in [-0.05, 0) is 24.3 Å². The molecule has 1 aromatic carbocycles. The number of nitro benzene ring substituents is 1. The second-order valence-corrected chi connectivity index (χ2v) is 5.03. The average Bonchev–Trinajstić information content (AvgIpc) is 2.36. The Hall–Kier alpha value is -1.66. The van der Waals surface area contributed by atoms with Crippen LogP contribution in [-0.4, -0.2) is 9.91 Å². The number of nitrogens with zero attached hydrogens (tertiary/aromatic N) is 2. The Morgan fingerprint density at radius 2 is 2.16 bits per heavy atom. The molecule has 1 N–H and O–H groups in total. The molecule has 2 rings (SSSR count). The molecule has 0 amide bonds. The van der Waals surface area contributed by atoms with Crippen molar-refractivity contribution in [3.63, 3.8) is 0 Å². The summed E-state index contributed by atoms with van der Waals surface area (Å²) in [5, 5.41) is 14.3. The molecule has 0 bridgehead atoms. The van der Waals surface area contributed by atoms with Crippen molar-refractivity contribution in [3.05, 3.63) is 61.7 Å². The van der Waals surface area contributed by atoms with Crippen molar-refractivity contribution in [1.82, 2.24) is 4.98 Å². The SMILES string of the molecule is O=[N+]([O-])c1ccc(Br)cc1CNc1cccc(Cl)n1. The first-order chi connectivity index (χ1) is 9.06. The Labute approximate surface area is 122 Å². The summed E-state index contributed by atoms with van der Waals surface area (Å²) in [5.74, 6) is 0.571. The normalized spacial score (nSPS) is 10.2. The van der Waals surface area contributed by atoms with Crippen LogP contribution in [0.1, 0.15) is 5.56 Å². The summed E-state index contributed by atoms with van der Waals surface area (Å²) in [7, 11) is 0. The Morgan fingerprint density at radius 3 is 2.84 bits per heavy atom. The van der Waals surface area contributed by atoms with Crippen molar-refractivity contribution in [2.45, 2.75) is 6.54 Å². The summed E-state index contributed by atoms with van der Waals surface area (Å²) in [4.78, 5) is 14.6. The zero-order valence-electron chi connectivity index (χ0n) is 9.64. The van der Waals surface area contributed by atoms with E-state index in [4.69, 9.17) is 11.6 Å². The van der Waals surface area contributed by atoms with Gasteiger partial charge in [0.2, 0.25) is 0 Å². The van der Waals surface area contributed by atoms with Gasteiger partial charge in [-0.1, -0.05) is 33.6 Å². The van der Waals surface area contributed by atoms with Gasteiger partial charge in [-0.15, -0.1) is 0 Å². The fourth-order valence-electron chi connectivity index (χ4n) is 1.57. The maximum Gasteiger partial charge on any atom is 0.274 e. The first-order valence-corrected chi connectivity index (χ1v) is 6.52. The lowest BCUT2D eigenvalue weighted by molar-refractivity contribution is -0.385. The summed E-state index contributed by atoms with van der Waals surface area (Å²) in [6.45, 7) is 0.295. The van der Waals surface area contributed by atoms with Crippen LogP contribution in [0.4, 0.5) is 11.5 Å². The largest absolute Gasteiger partial charge is 0.366 e. The minimum absolute atomic E-state index is 0.0673. The van der Waals surface area contributed by atoms with E-state index in [1.165, 1.54) is 6.07 Å². The zero-order valence-corrected chi connectivity index (χ0v) is 12.0. The van der Waals surface area contributed by atoms with Crippen LogP contribution in [-0.2, 0) is 6.54 Å². The highest BCUT2D eigenvalue weighted by atomic mass is 79.9. The van der Waals surface area contributed by atoms with Crippen LogP contribution in [0.3, 0.4) is 0 Å². The number of nitro groups is 1. The number of pyridine rings is 1. The topological polar surface area (TPSA) is 68.1 Å². The van der Waals surface area contributed by atoms with Gasteiger partial charge in [0.05, 0.1) is 4.92 Å².